The summed E-state index contributed by atoms with van der Waals surface area (Å²) in [5.41, 5.74) is 1.54. The molecule has 9 nitrogen and oxygen atoms in total. The predicted molar refractivity (Wildman–Crippen MR) is 145 cm³/mol. The number of aryl methyl sites for hydroxylation is 1. The molecule has 2 saturated heterocycles. The van der Waals surface area contributed by atoms with Gasteiger partial charge in [-0.15, -0.1) is 0 Å². The van der Waals surface area contributed by atoms with E-state index >= 15 is 0 Å². The summed E-state index contributed by atoms with van der Waals surface area (Å²) >= 11 is 0. The Morgan fingerprint density at radius 1 is 1.00 bits per heavy atom. The van der Waals surface area contributed by atoms with E-state index < -0.39 is 23.8 Å². The van der Waals surface area contributed by atoms with E-state index in [9.17, 15) is 19.2 Å². The Kier molecular flexibility index (Phi) is 9.79. The number of hydrogen-bond donors (Lipinski definition) is 2. The predicted octanol–water partition coefficient (Wildman–Crippen LogP) is 3.39. The summed E-state index contributed by atoms with van der Waals surface area (Å²) in [5.74, 6) is -0.777. The molecule has 0 radical (unpaired) electrons. The van der Waals surface area contributed by atoms with Crippen molar-refractivity contribution in [2.75, 3.05) is 19.6 Å². The number of amides is 4. The van der Waals surface area contributed by atoms with E-state index in [1.165, 1.54) is 4.90 Å². The SMILES string of the molecule is Cc1ccc(CNC(=O)C(NC(=O)C2CCN(C(=O)C3CCCN3C(=O)OC(C)(C)C)CC2)C(C)C)cc1. The molecule has 2 atom stereocenters. The standard InChI is InChI=1S/C29H44N4O5/c1-19(2)24(26(35)30-18-21-11-9-20(3)10-12-21)31-25(34)22-13-16-32(17-14-22)27(36)23-8-7-15-33(23)28(37)38-29(4,5)6/h9-12,19,22-24H,7-8,13-18H2,1-6H3,(H,30,35)(H,31,34). The molecule has 2 aliphatic heterocycles. The molecule has 3 rings (SSSR count). The van der Waals surface area contributed by atoms with Gasteiger partial charge >= 0.3 is 6.09 Å². The lowest BCUT2D eigenvalue weighted by molar-refractivity contribution is -0.140. The molecule has 9 heteroatoms. The highest BCUT2D eigenvalue weighted by molar-refractivity contribution is 5.89. The molecule has 2 fully saturated rings. The molecular formula is C29H44N4O5. The van der Waals surface area contributed by atoms with Crippen molar-refractivity contribution < 1.29 is 23.9 Å². The highest BCUT2D eigenvalue weighted by Gasteiger charge is 2.40. The molecule has 4 amide bonds. The van der Waals surface area contributed by atoms with Crippen LogP contribution in [0.5, 0.6) is 0 Å². The third kappa shape index (κ3) is 7.95. The average molecular weight is 529 g/mol. The van der Waals surface area contributed by atoms with Crippen LogP contribution in [-0.4, -0.2) is 70.9 Å². The van der Waals surface area contributed by atoms with Crippen LogP contribution in [0.3, 0.4) is 0 Å². The van der Waals surface area contributed by atoms with Gasteiger partial charge in [-0.1, -0.05) is 43.7 Å². The Labute approximate surface area is 226 Å². The smallest absolute Gasteiger partial charge is 0.410 e. The second-order valence-corrected chi connectivity index (χ2v) is 11.9. The molecule has 0 aliphatic carbocycles. The zero-order valence-corrected chi connectivity index (χ0v) is 23.7. The van der Waals surface area contributed by atoms with Crippen molar-refractivity contribution in [1.82, 2.24) is 20.4 Å². The minimum Gasteiger partial charge on any atom is -0.444 e. The van der Waals surface area contributed by atoms with Gasteiger partial charge in [0.05, 0.1) is 0 Å². The van der Waals surface area contributed by atoms with Gasteiger partial charge in [-0.05, 0) is 64.9 Å². The Morgan fingerprint density at radius 2 is 1.63 bits per heavy atom. The zero-order valence-electron chi connectivity index (χ0n) is 23.7. The Morgan fingerprint density at radius 3 is 2.21 bits per heavy atom. The molecule has 38 heavy (non-hydrogen) atoms. The lowest BCUT2D eigenvalue weighted by Crippen LogP contribution is -2.54. The molecule has 0 spiro atoms. The van der Waals surface area contributed by atoms with Gasteiger partial charge in [-0.3, -0.25) is 19.3 Å². The normalized spacial score (nSPS) is 19.3. The minimum absolute atomic E-state index is 0.0696. The van der Waals surface area contributed by atoms with Crippen molar-refractivity contribution in [3.8, 4) is 0 Å². The number of hydrogen-bond acceptors (Lipinski definition) is 5. The van der Waals surface area contributed by atoms with Gasteiger partial charge in [0.15, 0.2) is 0 Å². The van der Waals surface area contributed by atoms with Gasteiger partial charge in [0.25, 0.3) is 0 Å². The maximum atomic E-state index is 13.2. The van der Waals surface area contributed by atoms with Crippen LogP contribution in [0.15, 0.2) is 24.3 Å². The van der Waals surface area contributed by atoms with E-state index in [-0.39, 0.29) is 29.6 Å². The van der Waals surface area contributed by atoms with Crippen molar-refractivity contribution in [3.05, 3.63) is 35.4 Å². The van der Waals surface area contributed by atoms with Crippen LogP contribution in [-0.2, 0) is 25.7 Å². The quantitative estimate of drug-likeness (QED) is 0.564. The largest absolute Gasteiger partial charge is 0.444 e. The molecular weight excluding hydrogens is 484 g/mol. The Hall–Kier alpha value is -3.10. The maximum absolute atomic E-state index is 13.2. The van der Waals surface area contributed by atoms with Gasteiger partial charge in [0.2, 0.25) is 17.7 Å². The zero-order chi connectivity index (χ0) is 28.0. The summed E-state index contributed by atoms with van der Waals surface area (Å²) in [7, 11) is 0. The third-order valence-electron chi connectivity index (χ3n) is 7.18. The van der Waals surface area contributed by atoms with Crippen molar-refractivity contribution in [3.63, 3.8) is 0 Å². The van der Waals surface area contributed by atoms with E-state index in [1.54, 1.807) is 4.90 Å². The van der Waals surface area contributed by atoms with E-state index in [2.05, 4.69) is 10.6 Å². The van der Waals surface area contributed by atoms with Gasteiger partial charge in [0.1, 0.15) is 17.7 Å². The van der Waals surface area contributed by atoms with Crippen LogP contribution >= 0.6 is 0 Å². The highest BCUT2D eigenvalue weighted by Crippen LogP contribution is 2.25. The Balaban J connectivity index is 1.50. The summed E-state index contributed by atoms with van der Waals surface area (Å²) in [6.07, 6.45) is 1.96. The van der Waals surface area contributed by atoms with Crippen molar-refractivity contribution in [1.29, 1.82) is 0 Å². The van der Waals surface area contributed by atoms with Crippen molar-refractivity contribution >= 4 is 23.8 Å². The minimum atomic E-state index is -0.631. The second-order valence-electron chi connectivity index (χ2n) is 11.9. The first-order valence-corrected chi connectivity index (χ1v) is 13.8. The van der Waals surface area contributed by atoms with Gasteiger partial charge in [-0.2, -0.15) is 0 Å². The molecule has 2 N–H and O–H groups in total. The molecule has 1 aromatic rings. The number of likely N-dealkylation sites (tertiary alicyclic amines) is 2. The molecule has 2 unspecified atom stereocenters. The van der Waals surface area contributed by atoms with Crippen LogP contribution in [0.4, 0.5) is 4.79 Å². The summed E-state index contributed by atoms with van der Waals surface area (Å²) in [6.45, 7) is 13.1. The molecule has 0 aromatic heterocycles. The number of carbonyl (C=O) groups is 4. The number of nitrogens with zero attached hydrogens (tertiary/aromatic N) is 2. The summed E-state index contributed by atoms with van der Waals surface area (Å²) in [4.78, 5) is 55.1. The van der Waals surface area contributed by atoms with Crippen LogP contribution in [0, 0.1) is 18.8 Å². The summed E-state index contributed by atoms with van der Waals surface area (Å²) in [5, 5.41) is 5.89. The maximum Gasteiger partial charge on any atom is 0.410 e. The van der Waals surface area contributed by atoms with E-state index in [0.29, 0.717) is 45.4 Å². The summed E-state index contributed by atoms with van der Waals surface area (Å²) in [6, 6.07) is 6.81. The molecule has 2 heterocycles. The molecule has 0 saturated carbocycles. The number of ether oxygens (including phenoxy) is 1. The molecule has 0 bridgehead atoms. The van der Waals surface area contributed by atoms with Crippen LogP contribution < -0.4 is 10.6 Å². The first kappa shape index (κ1) is 29.5. The van der Waals surface area contributed by atoms with Crippen LogP contribution in [0.1, 0.15) is 71.4 Å². The fraction of sp³-hybridized carbons (Fsp3) is 0.655. The molecule has 2 aliphatic rings. The van der Waals surface area contributed by atoms with Crippen LogP contribution in [0.2, 0.25) is 0 Å². The fourth-order valence-electron chi connectivity index (χ4n) is 4.95. The Bertz CT molecular complexity index is 993. The first-order valence-electron chi connectivity index (χ1n) is 13.8. The molecule has 210 valence electrons. The van der Waals surface area contributed by atoms with Gasteiger partial charge in [-0.25, -0.2) is 4.79 Å². The van der Waals surface area contributed by atoms with E-state index in [1.807, 2.05) is 65.8 Å². The van der Waals surface area contributed by atoms with E-state index in [4.69, 9.17) is 4.74 Å². The number of nitrogens with one attached hydrogen (secondary N) is 2. The number of piperidine rings is 1. The topological polar surface area (TPSA) is 108 Å². The van der Waals surface area contributed by atoms with E-state index in [0.717, 1.165) is 17.5 Å². The highest BCUT2D eigenvalue weighted by atomic mass is 16.6. The fourth-order valence-corrected chi connectivity index (χ4v) is 4.95. The van der Waals surface area contributed by atoms with Crippen LogP contribution in [0.25, 0.3) is 0 Å². The number of benzene rings is 1. The number of rotatable bonds is 7. The van der Waals surface area contributed by atoms with Gasteiger partial charge in [0, 0.05) is 32.1 Å². The lowest BCUT2D eigenvalue weighted by atomic mass is 9.94. The van der Waals surface area contributed by atoms with Gasteiger partial charge < -0.3 is 20.3 Å². The average Bonchev–Trinajstić information content (AvgIpc) is 3.35. The van der Waals surface area contributed by atoms with Crippen molar-refractivity contribution in [2.45, 2.75) is 91.5 Å². The second kappa shape index (κ2) is 12.6. The lowest BCUT2D eigenvalue weighted by Gasteiger charge is -2.36. The third-order valence-corrected chi connectivity index (χ3v) is 7.18. The first-order chi connectivity index (χ1) is 17.9. The molecule has 1 aromatic carbocycles. The number of carbonyl (C=O) groups excluding carboxylic acids is 4. The summed E-state index contributed by atoms with van der Waals surface area (Å²) < 4.78 is 5.49. The van der Waals surface area contributed by atoms with Crippen molar-refractivity contribution in [2.24, 2.45) is 11.8 Å². The monoisotopic (exact) mass is 528 g/mol.